The summed E-state index contributed by atoms with van der Waals surface area (Å²) in [5, 5.41) is 13.9. The molecular weight excluding hydrogens is 426 g/mol. The second-order valence-corrected chi connectivity index (χ2v) is 7.95. The molecule has 0 bridgehead atoms. The van der Waals surface area contributed by atoms with E-state index in [0.717, 1.165) is 22.3 Å². The Morgan fingerprint density at radius 3 is 2.12 bits per heavy atom. The van der Waals surface area contributed by atoms with Crippen LogP contribution in [-0.4, -0.2) is 67.2 Å². The lowest BCUT2D eigenvalue weighted by Crippen LogP contribution is -2.48. The zero-order valence-corrected chi connectivity index (χ0v) is 18.5. The minimum atomic E-state index is -1.33. The van der Waals surface area contributed by atoms with Gasteiger partial charge in [-0.2, -0.15) is 0 Å². The van der Waals surface area contributed by atoms with Crippen molar-refractivity contribution in [1.29, 1.82) is 0 Å². The van der Waals surface area contributed by atoms with Gasteiger partial charge < -0.3 is 25.4 Å². The minimum absolute atomic E-state index is 0.0261. The summed E-state index contributed by atoms with van der Waals surface area (Å²) in [7, 11) is 3.19. The van der Waals surface area contributed by atoms with Gasteiger partial charge in [0, 0.05) is 33.0 Å². The third-order valence-corrected chi connectivity index (χ3v) is 5.47. The molecule has 3 amide bonds. The molecule has 174 valence electrons. The molecule has 0 saturated carbocycles. The Bertz CT molecular complexity index is 1010. The topological polar surface area (TPSA) is 125 Å². The highest BCUT2D eigenvalue weighted by Gasteiger charge is 2.30. The van der Waals surface area contributed by atoms with Crippen molar-refractivity contribution in [3.8, 4) is 11.1 Å². The summed E-state index contributed by atoms with van der Waals surface area (Å²) < 4.78 is 5.39. The molecule has 0 aliphatic heterocycles. The van der Waals surface area contributed by atoms with Gasteiger partial charge in [0.1, 0.15) is 12.6 Å². The summed E-state index contributed by atoms with van der Waals surface area (Å²) in [6, 6.07) is 14.4. The van der Waals surface area contributed by atoms with Crippen molar-refractivity contribution in [2.24, 2.45) is 0 Å². The average Bonchev–Trinajstić information content (AvgIpc) is 3.10. The first-order valence-electron chi connectivity index (χ1n) is 10.6. The van der Waals surface area contributed by atoms with Crippen LogP contribution in [0, 0.1) is 0 Å². The Hall–Kier alpha value is -3.88. The third kappa shape index (κ3) is 5.88. The van der Waals surface area contributed by atoms with Gasteiger partial charge in [0.05, 0.1) is 6.42 Å². The number of carbonyl (C=O) groups is 4. The standard InChI is InChI=1S/C24H27N3O6/c1-27(2)21(28)11-12-25-23(31)20(13-22(29)30)26-24(32)33-14-19-17-9-5-3-7-15(17)16-8-4-6-10-18(16)19/h3-10,19-20H,11-14H2,1-2H3,(H,25,31)(H,26,32)(H,29,30). The summed E-state index contributed by atoms with van der Waals surface area (Å²) in [4.78, 5) is 49.0. The van der Waals surface area contributed by atoms with Crippen LogP contribution in [0.25, 0.3) is 11.1 Å². The molecule has 0 spiro atoms. The molecule has 2 aromatic carbocycles. The van der Waals surface area contributed by atoms with Crippen molar-refractivity contribution < 1.29 is 29.0 Å². The number of fused-ring (bicyclic) bond motifs is 3. The molecule has 1 aliphatic carbocycles. The molecule has 9 heteroatoms. The second kappa shape index (κ2) is 10.6. The lowest BCUT2D eigenvalue weighted by atomic mass is 9.98. The van der Waals surface area contributed by atoms with E-state index in [2.05, 4.69) is 10.6 Å². The molecule has 0 aromatic heterocycles. The molecule has 0 radical (unpaired) electrons. The molecule has 0 saturated heterocycles. The Morgan fingerprint density at radius 2 is 1.58 bits per heavy atom. The average molecular weight is 453 g/mol. The first-order valence-corrected chi connectivity index (χ1v) is 10.6. The van der Waals surface area contributed by atoms with E-state index in [1.54, 1.807) is 14.1 Å². The fraction of sp³-hybridized carbons (Fsp3) is 0.333. The number of carboxylic acids is 1. The van der Waals surface area contributed by atoms with Gasteiger partial charge in [-0.3, -0.25) is 14.4 Å². The van der Waals surface area contributed by atoms with Crippen molar-refractivity contribution in [3.05, 3.63) is 59.7 Å². The second-order valence-electron chi connectivity index (χ2n) is 7.95. The normalized spacial score (nSPS) is 12.8. The number of carbonyl (C=O) groups excluding carboxylic acids is 3. The van der Waals surface area contributed by atoms with Crippen molar-refractivity contribution in [2.75, 3.05) is 27.2 Å². The highest BCUT2D eigenvalue weighted by molar-refractivity contribution is 5.89. The number of hydrogen-bond donors (Lipinski definition) is 3. The number of rotatable bonds is 9. The predicted molar refractivity (Wildman–Crippen MR) is 121 cm³/mol. The maximum Gasteiger partial charge on any atom is 0.407 e. The Balaban J connectivity index is 1.60. The van der Waals surface area contributed by atoms with Crippen LogP contribution in [-0.2, 0) is 19.1 Å². The van der Waals surface area contributed by atoms with E-state index in [0.29, 0.717) is 0 Å². The van der Waals surface area contributed by atoms with Gasteiger partial charge in [0.2, 0.25) is 11.8 Å². The highest BCUT2D eigenvalue weighted by Crippen LogP contribution is 2.44. The van der Waals surface area contributed by atoms with Crippen molar-refractivity contribution >= 4 is 23.9 Å². The molecule has 0 heterocycles. The van der Waals surface area contributed by atoms with Crippen LogP contribution in [0.1, 0.15) is 29.9 Å². The molecule has 2 aromatic rings. The zero-order valence-electron chi connectivity index (χ0n) is 18.5. The van der Waals surface area contributed by atoms with Gasteiger partial charge in [-0.15, -0.1) is 0 Å². The predicted octanol–water partition coefficient (Wildman–Crippen LogP) is 1.96. The summed E-state index contributed by atoms with van der Waals surface area (Å²) in [6.45, 7) is 0.0664. The molecule has 3 N–H and O–H groups in total. The van der Waals surface area contributed by atoms with Crippen molar-refractivity contribution in [3.63, 3.8) is 0 Å². The van der Waals surface area contributed by atoms with Gasteiger partial charge in [-0.1, -0.05) is 48.5 Å². The van der Waals surface area contributed by atoms with E-state index in [1.165, 1.54) is 4.90 Å². The zero-order chi connectivity index (χ0) is 24.0. The Morgan fingerprint density at radius 1 is 1.00 bits per heavy atom. The van der Waals surface area contributed by atoms with E-state index in [4.69, 9.17) is 9.84 Å². The van der Waals surface area contributed by atoms with Crippen molar-refractivity contribution in [2.45, 2.75) is 24.8 Å². The SMILES string of the molecule is CN(C)C(=O)CCNC(=O)C(CC(=O)O)NC(=O)OCC1c2ccccc2-c2ccccc21. The number of ether oxygens (including phenoxy) is 1. The number of nitrogens with one attached hydrogen (secondary N) is 2. The molecule has 1 atom stereocenters. The molecule has 3 rings (SSSR count). The smallest absolute Gasteiger partial charge is 0.407 e. The minimum Gasteiger partial charge on any atom is -0.481 e. The van der Waals surface area contributed by atoms with Crippen LogP contribution in [0.2, 0.25) is 0 Å². The number of hydrogen-bond acceptors (Lipinski definition) is 5. The number of aliphatic carboxylic acids is 1. The molecular formula is C24H27N3O6. The van der Waals surface area contributed by atoms with Gasteiger partial charge in [0.15, 0.2) is 0 Å². The Labute approximate surface area is 191 Å². The van der Waals surface area contributed by atoms with Gasteiger partial charge >= 0.3 is 12.1 Å². The van der Waals surface area contributed by atoms with E-state index in [-0.39, 0.29) is 31.4 Å². The van der Waals surface area contributed by atoms with Crippen LogP contribution >= 0.6 is 0 Å². The van der Waals surface area contributed by atoms with E-state index in [9.17, 15) is 19.2 Å². The fourth-order valence-electron chi connectivity index (χ4n) is 3.81. The third-order valence-electron chi connectivity index (χ3n) is 5.47. The Kier molecular flexibility index (Phi) is 7.66. The van der Waals surface area contributed by atoms with Gasteiger partial charge in [-0.05, 0) is 22.3 Å². The van der Waals surface area contributed by atoms with Crippen LogP contribution in [0.3, 0.4) is 0 Å². The lowest BCUT2D eigenvalue weighted by molar-refractivity contribution is -0.140. The van der Waals surface area contributed by atoms with Crippen molar-refractivity contribution in [1.82, 2.24) is 15.5 Å². The monoisotopic (exact) mass is 453 g/mol. The first kappa shape index (κ1) is 23.8. The largest absolute Gasteiger partial charge is 0.481 e. The summed E-state index contributed by atoms with van der Waals surface area (Å²) >= 11 is 0. The van der Waals surface area contributed by atoms with Gasteiger partial charge in [0.25, 0.3) is 0 Å². The van der Waals surface area contributed by atoms with Crippen LogP contribution in [0.4, 0.5) is 4.79 Å². The van der Waals surface area contributed by atoms with E-state index >= 15 is 0 Å². The van der Waals surface area contributed by atoms with E-state index < -0.39 is 30.4 Å². The first-order chi connectivity index (χ1) is 15.8. The highest BCUT2D eigenvalue weighted by atomic mass is 16.5. The molecule has 9 nitrogen and oxygen atoms in total. The quantitative estimate of drug-likeness (QED) is 0.533. The summed E-state index contributed by atoms with van der Waals surface area (Å²) in [5.74, 6) is -2.29. The molecule has 1 aliphatic rings. The molecule has 0 fully saturated rings. The van der Waals surface area contributed by atoms with Gasteiger partial charge in [-0.25, -0.2) is 4.79 Å². The maximum atomic E-state index is 12.4. The number of carboxylic acid groups (broad SMARTS) is 1. The summed E-state index contributed by atoms with van der Waals surface area (Å²) in [5.41, 5.74) is 4.24. The number of nitrogens with zero attached hydrogens (tertiary/aromatic N) is 1. The molecule has 1 unspecified atom stereocenters. The van der Waals surface area contributed by atoms with Crippen LogP contribution < -0.4 is 10.6 Å². The number of benzene rings is 2. The van der Waals surface area contributed by atoms with Crippen LogP contribution in [0.5, 0.6) is 0 Å². The van der Waals surface area contributed by atoms with Crippen LogP contribution in [0.15, 0.2) is 48.5 Å². The van der Waals surface area contributed by atoms with E-state index in [1.807, 2.05) is 48.5 Å². The number of amides is 3. The fourth-order valence-corrected chi connectivity index (χ4v) is 3.81. The maximum absolute atomic E-state index is 12.4. The molecule has 33 heavy (non-hydrogen) atoms. The number of alkyl carbamates (subject to hydrolysis) is 1. The summed E-state index contributed by atoms with van der Waals surface area (Å²) in [6.07, 6.45) is -1.44. The lowest BCUT2D eigenvalue weighted by Gasteiger charge is -2.19.